The first kappa shape index (κ1) is 31.6. The fourth-order valence-corrected chi connectivity index (χ4v) is 6.99. The summed E-state index contributed by atoms with van der Waals surface area (Å²) < 4.78 is 35.8. The smallest absolute Gasteiger partial charge is 0.265 e. The topological polar surface area (TPSA) is 116 Å². The number of methoxy groups -OCH3 is 1. The van der Waals surface area contributed by atoms with Crippen LogP contribution in [0.5, 0.6) is 11.5 Å². The molecule has 4 aromatic rings. The van der Waals surface area contributed by atoms with Crippen LogP contribution < -0.4 is 9.46 Å². The Morgan fingerprint density at radius 1 is 0.933 bits per heavy atom. The Bertz CT molecular complexity index is 1850. The first-order chi connectivity index (χ1) is 21.5. The van der Waals surface area contributed by atoms with Crippen LogP contribution in [0.1, 0.15) is 45.9 Å². The van der Waals surface area contributed by atoms with Gasteiger partial charge in [0.15, 0.2) is 0 Å². The zero-order chi connectivity index (χ0) is 32.3. The van der Waals surface area contributed by atoms with E-state index in [9.17, 15) is 23.1 Å². The van der Waals surface area contributed by atoms with Crippen molar-refractivity contribution in [2.75, 3.05) is 33.0 Å². The van der Waals surface area contributed by atoms with Crippen molar-refractivity contribution in [2.24, 2.45) is 0 Å². The Hall–Kier alpha value is -4.83. The number of ether oxygens (including phenoxy) is 1. The molecule has 4 aromatic carbocycles. The lowest BCUT2D eigenvalue weighted by Gasteiger charge is -2.34. The van der Waals surface area contributed by atoms with Crippen LogP contribution >= 0.6 is 0 Å². The first-order valence-corrected chi connectivity index (χ1v) is 16.1. The molecule has 234 valence electrons. The summed E-state index contributed by atoms with van der Waals surface area (Å²) in [6.45, 7) is 0. The largest absolute Gasteiger partial charge is 0.508 e. The first-order valence-electron chi connectivity index (χ1n) is 14.7. The summed E-state index contributed by atoms with van der Waals surface area (Å²) in [4.78, 5) is 28.9. The van der Waals surface area contributed by atoms with E-state index < -0.39 is 10.0 Å². The fourth-order valence-electron chi connectivity index (χ4n) is 5.75. The maximum Gasteiger partial charge on any atom is 0.265 e. The molecule has 9 nitrogen and oxygen atoms in total. The monoisotopic (exact) mass is 627 g/mol. The van der Waals surface area contributed by atoms with Gasteiger partial charge in [-0.3, -0.25) is 14.3 Å². The van der Waals surface area contributed by atoms with Crippen LogP contribution in [0.25, 0.3) is 11.1 Å². The number of amides is 2. The van der Waals surface area contributed by atoms with E-state index in [1.807, 2.05) is 18.2 Å². The van der Waals surface area contributed by atoms with Gasteiger partial charge in [-0.25, -0.2) is 8.42 Å². The minimum absolute atomic E-state index is 0.0421. The second kappa shape index (κ2) is 13.0. The van der Waals surface area contributed by atoms with Gasteiger partial charge in [-0.1, -0.05) is 36.4 Å². The van der Waals surface area contributed by atoms with Crippen LogP contribution in [-0.4, -0.2) is 63.4 Å². The molecule has 5 rings (SSSR count). The van der Waals surface area contributed by atoms with E-state index in [1.165, 1.54) is 18.1 Å². The molecule has 2 N–H and O–H groups in total. The lowest BCUT2D eigenvalue weighted by Crippen LogP contribution is -2.34. The molecule has 0 fully saturated rings. The van der Waals surface area contributed by atoms with E-state index in [2.05, 4.69) is 4.72 Å². The Morgan fingerprint density at radius 2 is 1.69 bits per heavy atom. The molecule has 0 saturated carbocycles. The molecule has 0 aromatic heterocycles. The van der Waals surface area contributed by atoms with E-state index in [1.54, 1.807) is 86.7 Å². The third kappa shape index (κ3) is 6.96. The van der Waals surface area contributed by atoms with Gasteiger partial charge >= 0.3 is 0 Å². The van der Waals surface area contributed by atoms with Gasteiger partial charge in [-0.15, -0.1) is 0 Å². The van der Waals surface area contributed by atoms with Gasteiger partial charge in [-0.05, 0) is 95.6 Å². The highest BCUT2D eigenvalue weighted by Crippen LogP contribution is 2.37. The molecule has 1 aliphatic carbocycles. The molecular weight excluding hydrogens is 590 g/mol. The van der Waals surface area contributed by atoms with Gasteiger partial charge in [0.25, 0.3) is 15.9 Å². The van der Waals surface area contributed by atoms with E-state index >= 15 is 0 Å². The number of phenols is 1. The SMILES string of the molecule is COc1ccc(-c2cccc(C(=O)N(C)C)c2)cc1S(=O)(=O)Nc1ccc2c(c1)C(N(C)C(=O)Cc1cccc(O)c1)CCC2. The molecule has 0 aliphatic heterocycles. The van der Waals surface area contributed by atoms with Crippen LogP contribution in [0.4, 0.5) is 5.69 Å². The number of aryl methyl sites for hydroxylation is 1. The van der Waals surface area contributed by atoms with E-state index in [-0.39, 0.29) is 40.7 Å². The van der Waals surface area contributed by atoms with Crippen molar-refractivity contribution < 1.29 is 27.9 Å². The average molecular weight is 628 g/mol. The third-order valence-corrected chi connectivity index (χ3v) is 9.51. The quantitative estimate of drug-likeness (QED) is 0.248. The number of nitrogens with one attached hydrogen (secondary N) is 1. The summed E-state index contributed by atoms with van der Waals surface area (Å²) in [5, 5.41) is 9.80. The second-order valence-electron chi connectivity index (χ2n) is 11.4. The van der Waals surface area contributed by atoms with E-state index in [4.69, 9.17) is 4.74 Å². The maximum atomic E-state index is 13.8. The Balaban J connectivity index is 1.42. The molecule has 1 atom stereocenters. The van der Waals surface area contributed by atoms with Crippen LogP contribution in [0, 0.1) is 0 Å². The third-order valence-electron chi connectivity index (χ3n) is 8.11. The Morgan fingerprint density at radius 3 is 2.42 bits per heavy atom. The number of anilines is 1. The summed E-state index contributed by atoms with van der Waals surface area (Å²) in [6.07, 6.45) is 2.62. The number of likely N-dealkylation sites (N-methyl/N-ethyl adjacent to an activating group) is 1. The predicted molar refractivity (Wildman–Crippen MR) is 174 cm³/mol. The number of carbonyl (C=O) groups excluding carboxylic acids is 2. The van der Waals surface area contributed by atoms with Gasteiger partial charge < -0.3 is 19.6 Å². The van der Waals surface area contributed by atoms with Gasteiger partial charge in [-0.2, -0.15) is 0 Å². The number of rotatable bonds is 9. The highest BCUT2D eigenvalue weighted by molar-refractivity contribution is 7.92. The highest BCUT2D eigenvalue weighted by Gasteiger charge is 2.28. The lowest BCUT2D eigenvalue weighted by molar-refractivity contribution is -0.131. The van der Waals surface area contributed by atoms with Crippen molar-refractivity contribution in [2.45, 2.75) is 36.6 Å². The molecule has 10 heteroatoms. The summed E-state index contributed by atoms with van der Waals surface area (Å²) in [5.41, 5.74) is 4.86. The molecule has 45 heavy (non-hydrogen) atoms. The predicted octanol–water partition coefficient (Wildman–Crippen LogP) is 5.65. The molecule has 0 heterocycles. The summed E-state index contributed by atoms with van der Waals surface area (Å²) in [5.74, 6) is 0.0394. The van der Waals surface area contributed by atoms with Crippen molar-refractivity contribution in [1.82, 2.24) is 9.80 Å². The number of fused-ring (bicyclic) bond motifs is 1. The van der Waals surface area contributed by atoms with Gasteiger partial charge in [0.05, 0.1) is 19.6 Å². The number of hydrogen-bond acceptors (Lipinski definition) is 6. The van der Waals surface area contributed by atoms with E-state index in [0.29, 0.717) is 22.4 Å². The molecular formula is C35H37N3O6S. The number of benzene rings is 4. The normalized spacial score (nSPS) is 14.3. The Labute approximate surface area is 264 Å². The molecule has 1 unspecified atom stereocenters. The highest BCUT2D eigenvalue weighted by atomic mass is 32.2. The maximum absolute atomic E-state index is 13.8. The van der Waals surface area contributed by atoms with Crippen molar-refractivity contribution in [3.8, 4) is 22.6 Å². The van der Waals surface area contributed by atoms with E-state index in [0.717, 1.165) is 36.0 Å². The summed E-state index contributed by atoms with van der Waals surface area (Å²) in [6, 6.07) is 23.8. The zero-order valence-electron chi connectivity index (χ0n) is 25.8. The van der Waals surface area contributed by atoms with Crippen LogP contribution in [0.15, 0.2) is 89.8 Å². The van der Waals surface area contributed by atoms with Gasteiger partial charge in [0.2, 0.25) is 5.91 Å². The number of aromatic hydroxyl groups is 1. The van der Waals surface area contributed by atoms with Crippen molar-refractivity contribution >= 4 is 27.5 Å². The standard InChI is InChI=1S/C35H37N3O6S/c1-37(2)35(41)27-11-6-10-25(20-27)26-15-17-32(44-4)33(21-26)45(42,43)36-28-16-14-24-9-7-13-31(30(24)22-28)38(3)34(40)19-23-8-5-12-29(39)18-23/h5-6,8,10-12,14-18,20-22,31,36,39H,7,9,13,19H2,1-4H3. The summed E-state index contributed by atoms with van der Waals surface area (Å²) >= 11 is 0. The minimum Gasteiger partial charge on any atom is -0.508 e. The van der Waals surface area contributed by atoms with Crippen LogP contribution in [0.2, 0.25) is 0 Å². The molecule has 0 saturated heterocycles. The lowest BCUT2D eigenvalue weighted by atomic mass is 9.86. The zero-order valence-corrected chi connectivity index (χ0v) is 26.6. The van der Waals surface area contributed by atoms with Crippen LogP contribution in [0.3, 0.4) is 0 Å². The fraction of sp³-hybridized carbons (Fsp3) is 0.257. The Kier molecular flexibility index (Phi) is 9.15. The molecule has 0 radical (unpaired) electrons. The number of phenolic OH excluding ortho intramolecular Hbond substituents is 1. The molecule has 2 amide bonds. The molecule has 0 bridgehead atoms. The van der Waals surface area contributed by atoms with Crippen molar-refractivity contribution in [3.05, 3.63) is 107 Å². The number of nitrogens with zero attached hydrogens (tertiary/aromatic N) is 2. The molecule has 0 spiro atoms. The van der Waals surface area contributed by atoms with Gasteiger partial charge in [0.1, 0.15) is 16.4 Å². The van der Waals surface area contributed by atoms with Crippen LogP contribution in [-0.2, 0) is 27.7 Å². The van der Waals surface area contributed by atoms with Crippen molar-refractivity contribution in [1.29, 1.82) is 0 Å². The average Bonchev–Trinajstić information content (AvgIpc) is 3.03. The number of hydrogen-bond donors (Lipinski definition) is 2. The minimum atomic E-state index is -4.11. The number of sulfonamides is 1. The number of carbonyl (C=O) groups is 2. The summed E-state index contributed by atoms with van der Waals surface area (Å²) in [7, 11) is 2.42. The van der Waals surface area contributed by atoms with Gasteiger partial charge in [0, 0.05) is 32.4 Å². The second-order valence-corrected chi connectivity index (χ2v) is 13.1. The molecule has 1 aliphatic rings. The van der Waals surface area contributed by atoms with Crippen molar-refractivity contribution in [3.63, 3.8) is 0 Å².